The molecule has 1 aliphatic rings. The molecule has 0 bridgehead atoms. The van der Waals surface area contributed by atoms with Gasteiger partial charge < -0.3 is 4.74 Å². The highest BCUT2D eigenvalue weighted by Crippen LogP contribution is 2.16. The molecule has 0 spiro atoms. The van der Waals surface area contributed by atoms with Gasteiger partial charge in [0, 0.05) is 32.3 Å². The van der Waals surface area contributed by atoms with Crippen molar-refractivity contribution < 1.29 is 9.13 Å². The zero-order valence-corrected chi connectivity index (χ0v) is 9.66. The fourth-order valence-corrected chi connectivity index (χ4v) is 2.17. The summed E-state index contributed by atoms with van der Waals surface area (Å²) < 4.78 is 18.7. The van der Waals surface area contributed by atoms with Crippen LogP contribution < -0.4 is 0 Å². The Morgan fingerprint density at radius 2 is 2.00 bits per heavy atom. The molecule has 1 fully saturated rings. The van der Waals surface area contributed by atoms with Gasteiger partial charge in [-0.25, -0.2) is 4.39 Å². The summed E-state index contributed by atoms with van der Waals surface area (Å²) in [6, 6.07) is 7.01. The van der Waals surface area contributed by atoms with Gasteiger partial charge in [0.2, 0.25) is 0 Å². The van der Waals surface area contributed by atoms with Crippen molar-refractivity contribution in [1.29, 1.82) is 0 Å². The third-order valence-corrected chi connectivity index (χ3v) is 3.22. The fourth-order valence-electron chi connectivity index (χ4n) is 2.17. The van der Waals surface area contributed by atoms with E-state index in [2.05, 4.69) is 4.90 Å². The van der Waals surface area contributed by atoms with Gasteiger partial charge in [-0.15, -0.1) is 0 Å². The SMILES string of the molecule is COC1CCN(Cc2ccccc2F)CC1. The highest BCUT2D eigenvalue weighted by Gasteiger charge is 2.19. The van der Waals surface area contributed by atoms with Crippen LogP contribution in [0.15, 0.2) is 24.3 Å². The van der Waals surface area contributed by atoms with Gasteiger partial charge in [0.15, 0.2) is 0 Å². The van der Waals surface area contributed by atoms with Gasteiger partial charge in [-0.3, -0.25) is 4.90 Å². The normalized spacial score (nSPS) is 18.9. The number of hydrogen-bond acceptors (Lipinski definition) is 2. The van der Waals surface area contributed by atoms with Crippen LogP contribution in [0.3, 0.4) is 0 Å². The number of nitrogens with zero attached hydrogens (tertiary/aromatic N) is 1. The Bertz CT molecular complexity index is 334. The molecule has 2 rings (SSSR count). The summed E-state index contributed by atoms with van der Waals surface area (Å²) in [6.07, 6.45) is 2.48. The van der Waals surface area contributed by atoms with Gasteiger partial charge in [-0.1, -0.05) is 18.2 Å². The van der Waals surface area contributed by atoms with Crippen LogP contribution in [0, 0.1) is 5.82 Å². The van der Waals surface area contributed by atoms with E-state index >= 15 is 0 Å². The standard InChI is InChI=1S/C13H18FNO/c1-16-12-6-8-15(9-7-12)10-11-4-2-3-5-13(11)14/h2-5,12H,6-10H2,1H3. The monoisotopic (exact) mass is 223 g/mol. The average molecular weight is 223 g/mol. The van der Waals surface area contributed by atoms with Crippen LogP contribution in [0.2, 0.25) is 0 Å². The maximum absolute atomic E-state index is 13.4. The Hall–Kier alpha value is -0.930. The van der Waals surface area contributed by atoms with E-state index in [-0.39, 0.29) is 5.82 Å². The molecule has 0 radical (unpaired) electrons. The highest BCUT2D eigenvalue weighted by atomic mass is 19.1. The summed E-state index contributed by atoms with van der Waals surface area (Å²) in [4.78, 5) is 2.29. The van der Waals surface area contributed by atoms with Crippen molar-refractivity contribution in [3.63, 3.8) is 0 Å². The number of likely N-dealkylation sites (tertiary alicyclic amines) is 1. The third-order valence-electron chi connectivity index (χ3n) is 3.22. The molecule has 16 heavy (non-hydrogen) atoms. The lowest BCUT2D eigenvalue weighted by molar-refractivity contribution is 0.0386. The number of halogens is 1. The number of hydrogen-bond donors (Lipinski definition) is 0. The minimum Gasteiger partial charge on any atom is -0.381 e. The van der Waals surface area contributed by atoms with E-state index in [1.807, 2.05) is 12.1 Å². The van der Waals surface area contributed by atoms with Gasteiger partial charge in [-0.05, 0) is 18.9 Å². The molecule has 0 amide bonds. The lowest BCUT2D eigenvalue weighted by Crippen LogP contribution is -2.36. The molecule has 1 aromatic rings. The molecule has 2 nitrogen and oxygen atoms in total. The molecular formula is C13H18FNO. The minimum atomic E-state index is -0.101. The molecule has 3 heteroatoms. The molecule has 1 aromatic carbocycles. The molecular weight excluding hydrogens is 205 g/mol. The van der Waals surface area contributed by atoms with E-state index in [1.165, 1.54) is 6.07 Å². The van der Waals surface area contributed by atoms with E-state index in [0.29, 0.717) is 12.6 Å². The van der Waals surface area contributed by atoms with Crippen molar-refractivity contribution in [2.75, 3.05) is 20.2 Å². The van der Waals surface area contributed by atoms with Crippen molar-refractivity contribution in [1.82, 2.24) is 4.90 Å². The lowest BCUT2D eigenvalue weighted by atomic mass is 10.1. The second-order valence-electron chi connectivity index (χ2n) is 4.30. The average Bonchev–Trinajstić information content (AvgIpc) is 2.33. The van der Waals surface area contributed by atoms with Crippen LogP contribution in [0.1, 0.15) is 18.4 Å². The van der Waals surface area contributed by atoms with Crippen LogP contribution >= 0.6 is 0 Å². The number of rotatable bonds is 3. The van der Waals surface area contributed by atoms with Gasteiger partial charge in [0.05, 0.1) is 6.10 Å². The third kappa shape index (κ3) is 2.80. The summed E-state index contributed by atoms with van der Waals surface area (Å²) in [5.41, 5.74) is 0.790. The summed E-state index contributed by atoms with van der Waals surface area (Å²) >= 11 is 0. The molecule has 1 heterocycles. The zero-order valence-electron chi connectivity index (χ0n) is 9.66. The molecule has 1 aliphatic heterocycles. The number of ether oxygens (including phenoxy) is 1. The number of piperidine rings is 1. The Labute approximate surface area is 96.0 Å². The second kappa shape index (κ2) is 5.41. The minimum absolute atomic E-state index is 0.101. The van der Waals surface area contributed by atoms with Gasteiger partial charge in [0.1, 0.15) is 5.82 Å². The van der Waals surface area contributed by atoms with Crippen molar-refractivity contribution in [3.8, 4) is 0 Å². The van der Waals surface area contributed by atoms with Gasteiger partial charge in [0.25, 0.3) is 0 Å². The largest absolute Gasteiger partial charge is 0.381 e. The second-order valence-corrected chi connectivity index (χ2v) is 4.30. The topological polar surface area (TPSA) is 12.5 Å². The molecule has 0 atom stereocenters. The predicted molar refractivity (Wildman–Crippen MR) is 61.7 cm³/mol. The van der Waals surface area contributed by atoms with Crippen molar-refractivity contribution in [2.45, 2.75) is 25.5 Å². The van der Waals surface area contributed by atoms with Crippen LogP contribution in [0.25, 0.3) is 0 Å². The van der Waals surface area contributed by atoms with E-state index in [9.17, 15) is 4.39 Å². The Kier molecular flexibility index (Phi) is 3.91. The molecule has 0 unspecified atom stereocenters. The number of methoxy groups -OCH3 is 1. The van der Waals surface area contributed by atoms with Gasteiger partial charge >= 0.3 is 0 Å². The van der Waals surface area contributed by atoms with E-state index < -0.39 is 0 Å². The maximum Gasteiger partial charge on any atom is 0.127 e. The zero-order chi connectivity index (χ0) is 11.4. The van der Waals surface area contributed by atoms with Crippen LogP contribution in [-0.4, -0.2) is 31.2 Å². The Balaban J connectivity index is 1.89. The van der Waals surface area contributed by atoms with Gasteiger partial charge in [-0.2, -0.15) is 0 Å². The first-order chi connectivity index (χ1) is 7.79. The predicted octanol–water partition coefficient (Wildman–Crippen LogP) is 2.44. The fraction of sp³-hybridized carbons (Fsp3) is 0.538. The molecule has 0 aliphatic carbocycles. The van der Waals surface area contributed by atoms with Crippen molar-refractivity contribution >= 4 is 0 Å². The summed E-state index contributed by atoms with van der Waals surface area (Å²) in [7, 11) is 1.76. The first-order valence-electron chi connectivity index (χ1n) is 5.78. The van der Waals surface area contributed by atoms with E-state index in [4.69, 9.17) is 4.74 Å². The summed E-state index contributed by atoms with van der Waals surface area (Å²) in [5.74, 6) is -0.101. The molecule has 88 valence electrons. The van der Waals surface area contributed by atoms with Crippen LogP contribution in [-0.2, 0) is 11.3 Å². The quantitative estimate of drug-likeness (QED) is 0.780. The maximum atomic E-state index is 13.4. The lowest BCUT2D eigenvalue weighted by Gasteiger charge is -2.31. The molecule has 0 aromatic heterocycles. The smallest absolute Gasteiger partial charge is 0.127 e. The number of benzene rings is 1. The van der Waals surface area contributed by atoms with E-state index in [1.54, 1.807) is 13.2 Å². The Morgan fingerprint density at radius 3 is 2.62 bits per heavy atom. The molecule has 0 N–H and O–H groups in total. The summed E-state index contributed by atoms with van der Waals surface area (Å²) in [6.45, 7) is 2.70. The Morgan fingerprint density at radius 1 is 1.31 bits per heavy atom. The molecule has 1 saturated heterocycles. The first kappa shape index (κ1) is 11.6. The summed E-state index contributed by atoms with van der Waals surface area (Å²) in [5, 5.41) is 0. The highest BCUT2D eigenvalue weighted by molar-refractivity contribution is 5.17. The van der Waals surface area contributed by atoms with Crippen LogP contribution in [0.4, 0.5) is 4.39 Å². The van der Waals surface area contributed by atoms with Crippen molar-refractivity contribution in [2.24, 2.45) is 0 Å². The van der Waals surface area contributed by atoms with E-state index in [0.717, 1.165) is 31.5 Å². The van der Waals surface area contributed by atoms with Crippen molar-refractivity contribution in [3.05, 3.63) is 35.6 Å². The molecule has 0 saturated carbocycles. The first-order valence-corrected chi connectivity index (χ1v) is 5.78. The van der Waals surface area contributed by atoms with Crippen LogP contribution in [0.5, 0.6) is 0 Å².